The number of hydrogen-bond acceptors (Lipinski definition) is 4. The zero-order valence-electron chi connectivity index (χ0n) is 14.1. The Hall–Kier alpha value is -2.44. The number of aryl methyl sites for hydroxylation is 1. The molecule has 1 unspecified atom stereocenters. The number of thioether (sulfide) groups is 1. The average Bonchev–Trinajstić information content (AvgIpc) is 2.91. The fourth-order valence-electron chi connectivity index (χ4n) is 2.74. The van der Waals surface area contributed by atoms with E-state index in [4.69, 9.17) is 12.2 Å². The van der Waals surface area contributed by atoms with Crippen molar-refractivity contribution in [3.63, 3.8) is 0 Å². The summed E-state index contributed by atoms with van der Waals surface area (Å²) in [6.45, 7) is 2.08. The number of nitrogens with zero attached hydrogens (tertiary/aromatic N) is 1. The van der Waals surface area contributed by atoms with Crippen LogP contribution in [0.5, 0.6) is 0 Å². The highest BCUT2D eigenvalue weighted by atomic mass is 32.2. The summed E-state index contributed by atoms with van der Waals surface area (Å²) < 4.78 is 0.252. The number of hydrogen-bond donors (Lipinski definition) is 1. The molecular formula is C20H17NO3S2. The molecule has 1 atom stereocenters. The SMILES string of the molecule is CCc1ccc(/C=C2/SC(=S)N(C(C(=O)O)c3ccccc3)C2=O)cc1. The number of carboxylic acid groups (broad SMARTS) is 1. The van der Waals surface area contributed by atoms with Crippen LogP contribution >= 0.6 is 24.0 Å². The van der Waals surface area contributed by atoms with Crippen LogP contribution in [0.25, 0.3) is 6.08 Å². The van der Waals surface area contributed by atoms with Gasteiger partial charge in [-0.25, -0.2) is 4.79 Å². The van der Waals surface area contributed by atoms with E-state index in [9.17, 15) is 14.7 Å². The topological polar surface area (TPSA) is 57.6 Å². The molecule has 0 saturated carbocycles. The van der Waals surface area contributed by atoms with E-state index in [2.05, 4.69) is 6.92 Å². The first-order valence-corrected chi connectivity index (χ1v) is 9.37. The van der Waals surface area contributed by atoms with Gasteiger partial charge in [0.05, 0.1) is 4.91 Å². The number of rotatable bonds is 5. The molecule has 0 bridgehead atoms. The molecule has 1 saturated heterocycles. The number of carbonyl (C=O) groups is 2. The molecule has 3 rings (SSSR count). The van der Waals surface area contributed by atoms with Gasteiger partial charge in [-0.15, -0.1) is 0 Å². The van der Waals surface area contributed by atoms with E-state index in [0.717, 1.165) is 23.7 Å². The molecule has 26 heavy (non-hydrogen) atoms. The standard InChI is InChI=1S/C20H17NO3S2/c1-2-13-8-10-14(11-9-13)12-16-18(22)21(20(25)26-16)17(19(23)24)15-6-4-3-5-7-15/h3-12,17H,2H2,1H3,(H,23,24)/b16-12+. The number of carbonyl (C=O) groups excluding carboxylic acids is 1. The minimum absolute atomic E-state index is 0.252. The third-order valence-corrected chi connectivity index (χ3v) is 5.45. The van der Waals surface area contributed by atoms with Crippen LogP contribution in [0, 0.1) is 0 Å². The fraction of sp³-hybridized carbons (Fsp3) is 0.150. The molecule has 1 N–H and O–H groups in total. The quantitative estimate of drug-likeness (QED) is 0.617. The van der Waals surface area contributed by atoms with Crippen molar-refractivity contribution >= 4 is 46.3 Å². The van der Waals surface area contributed by atoms with E-state index in [-0.39, 0.29) is 10.2 Å². The molecule has 0 aromatic heterocycles. The Balaban J connectivity index is 1.92. The van der Waals surface area contributed by atoms with Gasteiger partial charge in [-0.05, 0) is 29.2 Å². The lowest BCUT2D eigenvalue weighted by Crippen LogP contribution is -2.37. The lowest BCUT2D eigenvalue weighted by atomic mass is 10.1. The van der Waals surface area contributed by atoms with Crippen LogP contribution in [0.4, 0.5) is 0 Å². The predicted molar refractivity (Wildman–Crippen MR) is 108 cm³/mol. The molecule has 1 aliphatic heterocycles. The number of amides is 1. The largest absolute Gasteiger partial charge is 0.479 e. The summed E-state index contributed by atoms with van der Waals surface area (Å²) in [6.07, 6.45) is 2.70. The Bertz CT molecular complexity index is 876. The summed E-state index contributed by atoms with van der Waals surface area (Å²) in [4.78, 5) is 26.3. The van der Waals surface area contributed by atoms with E-state index in [1.807, 2.05) is 24.3 Å². The molecule has 1 heterocycles. The van der Waals surface area contributed by atoms with E-state index < -0.39 is 12.0 Å². The van der Waals surface area contributed by atoms with Gasteiger partial charge < -0.3 is 5.11 Å². The van der Waals surface area contributed by atoms with E-state index in [1.54, 1.807) is 36.4 Å². The van der Waals surface area contributed by atoms with E-state index in [0.29, 0.717) is 10.5 Å². The monoisotopic (exact) mass is 383 g/mol. The van der Waals surface area contributed by atoms with Gasteiger partial charge >= 0.3 is 5.97 Å². The van der Waals surface area contributed by atoms with Crippen LogP contribution < -0.4 is 0 Å². The zero-order chi connectivity index (χ0) is 18.7. The van der Waals surface area contributed by atoms with Gasteiger partial charge in [0.25, 0.3) is 5.91 Å². The predicted octanol–water partition coefficient (Wildman–Crippen LogP) is 4.28. The first-order chi connectivity index (χ1) is 12.5. The maximum atomic E-state index is 12.8. The van der Waals surface area contributed by atoms with Crippen molar-refractivity contribution in [3.8, 4) is 0 Å². The number of aliphatic carboxylic acids is 1. The summed E-state index contributed by atoms with van der Waals surface area (Å²) in [5.41, 5.74) is 2.61. The average molecular weight is 383 g/mol. The molecule has 132 valence electrons. The highest BCUT2D eigenvalue weighted by Crippen LogP contribution is 2.38. The lowest BCUT2D eigenvalue weighted by Gasteiger charge is -2.23. The molecule has 6 heteroatoms. The van der Waals surface area contributed by atoms with Crippen molar-refractivity contribution in [2.45, 2.75) is 19.4 Å². The second-order valence-corrected chi connectivity index (χ2v) is 7.47. The van der Waals surface area contributed by atoms with Crippen molar-refractivity contribution in [2.24, 2.45) is 0 Å². The van der Waals surface area contributed by atoms with E-state index >= 15 is 0 Å². The van der Waals surface area contributed by atoms with Crippen molar-refractivity contribution < 1.29 is 14.7 Å². The van der Waals surface area contributed by atoms with Crippen molar-refractivity contribution in [1.29, 1.82) is 0 Å². The lowest BCUT2D eigenvalue weighted by molar-refractivity contribution is -0.145. The van der Waals surface area contributed by atoms with Gasteiger partial charge in [0.1, 0.15) is 4.32 Å². The van der Waals surface area contributed by atoms with Crippen molar-refractivity contribution in [1.82, 2.24) is 4.90 Å². The molecule has 1 amide bonds. The highest BCUT2D eigenvalue weighted by Gasteiger charge is 2.41. The molecule has 4 nitrogen and oxygen atoms in total. The molecular weight excluding hydrogens is 366 g/mol. The van der Waals surface area contributed by atoms with Gasteiger partial charge in [0.15, 0.2) is 6.04 Å². The Morgan fingerprint density at radius 2 is 1.85 bits per heavy atom. The fourth-order valence-corrected chi connectivity index (χ4v) is 4.05. The molecule has 2 aromatic rings. The molecule has 1 aliphatic rings. The van der Waals surface area contributed by atoms with Gasteiger partial charge in [-0.2, -0.15) is 0 Å². The Morgan fingerprint density at radius 3 is 2.42 bits per heavy atom. The smallest absolute Gasteiger partial charge is 0.331 e. The summed E-state index contributed by atoms with van der Waals surface area (Å²) >= 11 is 6.44. The summed E-state index contributed by atoms with van der Waals surface area (Å²) in [6, 6.07) is 15.4. The number of carboxylic acids is 1. The minimum atomic E-state index is -1.13. The third-order valence-electron chi connectivity index (χ3n) is 4.12. The van der Waals surface area contributed by atoms with Crippen LogP contribution in [0.2, 0.25) is 0 Å². The van der Waals surface area contributed by atoms with Gasteiger partial charge in [0, 0.05) is 0 Å². The van der Waals surface area contributed by atoms with E-state index in [1.165, 1.54) is 10.5 Å². The molecule has 0 aliphatic carbocycles. The summed E-state index contributed by atoms with van der Waals surface area (Å²) in [5, 5.41) is 9.67. The normalized spacial score (nSPS) is 17.0. The van der Waals surface area contributed by atoms with Crippen LogP contribution in [0.3, 0.4) is 0 Å². The number of benzene rings is 2. The van der Waals surface area contributed by atoms with Gasteiger partial charge in [-0.3, -0.25) is 9.69 Å². The second-order valence-electron chi connectivity index (χ2n) is 5.80. The van der Waals surface area contributed by atoms with Crippen LogP contribution in [-0.4, -0.2) is 26.2 Å². The summed E-state index contributed by atoms with van der Waals surface area (Å²) in [5.74, 6) is -1.49. The molecule has 2 aromatic carbocycles. The first kappa shape index (κ1) is 18.4. The zero-order valence-corrected chi connectivity index (χ0v) is 15.7. The minimum Gasteiger partial charge on any atom is -0.479 e. The molecule has 0 radical (unpaired) electrons. The van der Waals surface area contributed by atoms with Gasteiger partial charge in [-0.1, -0.05) is 85.5 Å². The Kier molecular flexibility index (Phi) is 5.54. The van der Waals surface area contributed by atoms with Crippen LogP contribution in [-0.2, 0) is 16.0 Å². The van der Waals surface area contributed by atoms with Crippen LogP contribution in [0.15, 0.2) is 59.5 Å². The number of thiocarbonyl (C=S) groups is 1. The first-order valence-electron chi connectivity index (χ1n) is 8.15. The Morgan fingerprint density at radius 1 is 1.19 bits per heavy atom. The molecule has 1 fully saturated rings. The highest BCUT2D eigenvalue weighted by molar-refractivity contribution is 8.26. The maximum Gasteiger partial charge on any atom is 0.331 e. The third kappa shape index (κ3) is 3.71. The second kappa shape index (κ2) is 7.85. The van der Waals surface area contributed by atoms with Gasteiger partial charge in [0.2, 0.25) is 0 Å². The summed E-state index contributed by atoms with van der Waals surface area (Å²) in [7, 11) is 0. The molecule has 0 spiro atoms. The van der Waals surface area contributed by atoms with Crippen molar-refractivity contribution in [2.75, 3.05) is 0 Å². The Labute approximate surface area is 161 Å². The van der Waals surface area contributed by atoms with Crippen molar-refractivity contribution in [3.05, 3.63) is 76.2 Å². The van der Waals surface area contributed by atoms with Crippen LogP contribution in [0.1, 0.15) is 29.7 Å². The maximum absolute atomic E-state index is 12.8.